The van der Waals surface area contributed by atoms with E-state index in [0.717, 1.165) is 0 Å². The number of hydrogen-bond acceptors (Lipinski definition) is 3. The molecule has 0 saturated carbocycles. The van der Waals surface area contributed by atoms with Crippen molar-refractivity contribution in [3.63, 3.8) is 0 Å². The van der Waals surface area contributed by atoms with Crippen molar-refractivity contribution in [2.75, 3.05) is 0 Å². The van der Waals surface area contributed by atoms with Crippen molar-refractivity contribution < 1.29 is 48.7 Å². The fraction of sp³-hybridized carbons (Fsp3) is 0. The molecule has 2 aromatic rings. The van der Waals surface area contributed by atoms with Gasteiger partial charge in [-0.3, -0.25) is 4.55 Å². The Bertz CT molecular complexity index is 599. The first-order valence-electron chi connectivity index (χ1n) is 4.86. The minimum absolute atomic E-state index is 0. The van der Waals surface area contributed by atoms with Gasteiger partial charge in [0, 0.05) is 0 Å². The van der Waals surface area contributed by atoms with Crippen LogP contribution >= 0.6 is 0 Å². The Balaban J connectivity index is 0.00000162. The Morgan fingerprint density at radius 2 is 1.39 bits per heavy atom. The molecule has 2 aromatic carbocycles. The third-order valence-electron chi connectivity index (χ3n) is 2.10. The standard InChI is InChI=1S/C12H10O4S.Na.H/c13-17(14,15)12-8-6-11(7-9-12)16-10-4-2-1-3-5-10;;/h1-9H,(H,13,14,15);;/q;+1;-1. The third-order valence-corrected chi connectivity index (χ3v) is 2.97. The summed E-state index contributed by atoms with van der Waals surface area (Å²) in [5, 5.41) is 0. The zero-order valence-electron chi connectivity index (χ0n) is 10.8. The van der Waals surface area contributed by atoms with E-state index in [-0.39, 0.29) is 35.9 Å². The minimum Gasteiger partial charge on any atom is -1.00 e. The Morgan fingerprint density at radius 3 is 1.89 bits per heavy atom. The van der Waals surface area contributed by atoms with Crippen LogP contribution in [-0.2, 0) is 10.1 Å². The average Bonchev–Trinajstić information content (AvgIpc) is 2.30. The molecule has 0 unspecified atom stereocenters. The summed E-state index contributed by atoms with van der Waals surface area (Å²) in [6, 6.07) is 14.7. The van der Waals surface area contributed by atoms with E-state index >= 15 is 0 Å². The number of para-hydroxylation sites is 1. The van der Waals surface area contributed by atoms with Crippen LogP contribution in [0.25, 0.3) is 0 Å². The van der Waals surface area contributed by atoms with Crippen molar-refractivity contribution in [2.45, 2.75) is 4.90 Å². The van der Waals surface area contributed by atoms with Gasteiger partial charge in [-0.2, -0.15) is 8.42 Å². The van der Waals surface area contributed by atoms with Crippen LogP contribution in [0.3, 0.4) is 0 Å². The normalized spacial score (nSPS) is 10.5. The van der Waals surface area contributed by atoms with E-state index in [0.29, 0.717) is 11.5 Å². The molecule has 0 fully saturated rings. The number of rotatable bonds is 3. The summed E-state index contributed by atoms with van der Waals surface area (Å²) in [6.07, 6.45) is 0. The molecule has 6 heteroatoms. The predicted molar refractivity (Wildman–Crippen MR) is 63.9 cm³/mol. The molecule has 0 radical (unpaired) electrons. The summed E-state index contributed by atoms with van der Waals surface area (Å²) in [5.41, 5.74) is 0. The zero-order valence-corrected chi connectivity index (χ0v) is 12.6. The minimum atomic E-state index is -4.15. The maximum absolute atomic E-state index is 10.8. The Labute approximate surface area is 129 Å². The second-order valence-corrected chi connectivity index (χ2v) is 4.78. The van der Waals surface area contributed by atoms with Gasteiger partial charge in [0.05, 0.1) is 4.90 Å². The Morgan fingerprint density at radius 1 is 0.889 bits per heavy atom. The first kappa shape index (κ1) is 15.2. The Kier molecular flexibility index (Phi) is 5.37. The molecule has 18 heavy (non-hydrogen) atoms. The number of ether oxygens (including phenoxy) is 1. The summed E-state index contributed by atoms with van der Waals surface area (Å²) < 4.78 is 35.9. The van der Waals surface area contributed by atoms with Crippen LogP contribution in [0.2, 0.25) is 0 Å². The molecule has 0 aliphatic carbocycles. The van der Waals surface area contributed by atoms with Gasteiger partial charge in [-0.25, -0.2) is 0 Å². The molecule has 1 N–H and O–H groups in total. The maximum atomic E-state index is 10.8. The van der Waals surface area contributed by atoms with Crippen LogP contribution < -0.4 is 34.3 Å². The van der Waals surface area contributed by atoms with Crippen molar-refractivity contribution in [1.82, 2.24) is 0 Å². The number of hydrogen-bond donors (Lipinski definition) is 1. The van der Waals surface area contributed by atoms with Gasteiger partial charge >= 0.3 is 29.6 Å². The fourth-order valence-electron chi connectivity index (χ4n) is 1.30. The van der Waals surface area contributed by atoms with Crippen LogP contribution in [0.15, 0.2) is 59.5 Å². The molecule has 0 bridgehead atoms. The van der Waals surface area contributed by atoms with Crippen LogP contribution in [0, 0.1) is 0 Å². The van der Waals surface area contributed by atoms with Gasteiger partial charge in [-0.05, 0) is 36.4 Å². The van der Waals surface area contributed by atoms with Crippen molar-refractivity contribution in [1.29, 1.82) is 0 Å². The van der Waals surface area contributed by atoms with E-state index < -0.39 is 10.1 Å². The molecule has 90 valence electrons. The van der Waals surface area contributed by atoms with Crippen molar-refractivity contribution in [2.24, 2.45) is 0 Å². The van der Waals surface area contributed by atoms with Gasteiger partial charge in [0.25, 0.3) is 10.1 Å². The topological polar surface area (TPSA) is 63.6 Å². The van der Waals surface area contributed by atoms with Crippen LogP contribution in [0.4, 0.5) is 0 Å². The molecule has 0 heterocycles. The van der Waals surface area contributed by atoms with E-state index in [9.17, 15) is 8.42 Å². The molecular weight excluding hydrogens is 263 g/mol. The first-order chi connectivity index (χ1) is 8.05. The molecule has 0 spiro atoms. The van der Waals surface area contributed by atoms with E-state index in [4.69, 9.17) is 9.29 Å². The van der Waals surface area contributed by atoms with Gasteiger partial charge < -0.3 is 6.16 Å². The molecular formula is C12H11NaO4S. The summed E-state index contributed by atoms with van der Waals surface area (Å²) in [7, 11) is -4.15. The maximum Gasteiger partial charge on any atom is 1.00 e. The van der Waals surface area contributed by atoms with Gasteiger partial charge in [-0.15, -0.1) is 0 Å². The summed E-state index contributed by atoms with van der Waals surface area (Å²) in [4.78, 5) is -0.155. The van der Waals surface area contributed by atoms with E-state index in [2.05, 4.69) is 0 Å². The zero-order chi connectivity index (χ0) is 12.3. The molecule has 2 rings (SSSR count). The van der Waals surface area contributed by atoms with Crippen LogP contribution in [0.5, 0.6) is 11.5 Å². The second-order valence-electron chi connectivity index (χ2n) is 3.36. The molecule has 4 nitrogen and oxygen atoms in total. The van der Waals surface area contributed by atoms with Gasteiger partial charge in [0.2, 0.25) is 0 Å². The fourth-order valence-corrected chi connectivity index (χ4v) is 1.78. The molecule has 0 aliphatic heterocycles. The van der Waals surface area contributed by atoms with E-state index in [1.54, 1.807) is 12.1 Å². The van der Waals surface area contributed by atoms with Gasteiger partial charge in [-0.1, -0.05) is 18.2 Å². The summed E-state index contributed by atoms with van der Waals surface area (Å²) in [5.74, 6) is 1.16. The SMILES string of the molecule is O=S(=O)(O)c1ccc(Oc2ccccc2)cc1.[H-].[Na+]. The van der Waals surface area contributed by atoms with E-state index in [1.807, 2.05) is 18.2 Å². The van der Waals surface area contributed by atoms with Crippen molar-refractivity contribution in [3.05, 3.63) is 54.6 Å². The van der Waals surface area contributed by atoms with Crippen molar-refractivity contribution in [3.8, 4) is 11.5 Å². The van der Waals surface area contributed by atoms with Gasteiger partial charge in [0.15, 0.2) is 0 Å². The van der Waals surface area contributed by atoms with Crippen LogP contribution in [0.1, 0.15) is 1.43 Å². The van der Waals surface area contributed by atoms with Crippen LogP contribution in [-0.4, -0.2) is 13.0 Å². The monoisotopic (exact) mass is 274 g/mol. The molecule has 0 saturated heterocycles. The largest absolute Gasteiger partial charge is 1.00 e. The van der Waals surface area contributed by atoms with Gasteiger partial charge in [0.1, 0.15) is 11.5 Å². The summed E-state index contributed by atoms with van der Waals surface area (Å²) in [6.45, 7) is 0. The number of benzene rings is 2. The molecule has 0 aromatic heterocycles. The van der Waals surface area contributed by atoms with E-state index in [1.165, 1.54) is 24.3 Å². The van der Waals surface area contributed by atoms with Crippen molar-refractivity contribution >= 4 is 10.1 Å². The quantitative estimate of drug-likeness (QED) is 0.624. The molecule has 0 atom stereocenters. The molecule has 0 amide bonds. The smallest absolute Gasteiger partial charge is 1.00 e. The first-order valence-corrected chi connectivity index (χ1v) is 6.30. The molecule has 0 aliphatic rings. The second kappa shape index (κ2) is 6.36. The summed E-state index contributed by atoms with van der Waals surface area (Å²) >= 11 is 0. The predicted octanol–water partition coefficient (Wildman–Crippen LogP) is -0.158. The average molecular weight is 274 g/mol. The third kappa shape index (κ3) is 4.12. The Hall–Kier alpha value is -0.850.